The Hall–Kier alpha value is 0.527. The maximum Gasteiger partial charge on any atom is 0.200 e. The lowest BCUT2D eigenvalue weighted by molar-refractivity contribution is 0.185. The van der Waals surface area contributed by atoms with Crippen molar-refractivity contribution in [1.29, 1.82) is 0 Å². The molecule has 1 aliphatic carbocycles. The predicted octanol–water partition coefficient (Wildman–Crippen LogP) is 5.03. The molecule has 0 bridgehead atoms. The first-order valence-electron chi connectivity index (χ1n) is 7.18. The van der Waals surface area contributed by atoms with Gasteiger partial charge >= 0.3 is 0 Å². The molecule has 17 heavy (non-hydrogen) atoms. The van der Waals surface area contributed by atoms with Crippen LogP contribution in [0.3, 0.4) is 0 Å². The number of hydrogen-bond acceptors (Lipinski definition) is 2. The Bertz CT molecular complexity index is 219. The molecular formula is C14H30OSSi. The second-order valence-electron chi connectivity index (χ2n) is 6.47. The highest BCUT2D eigenvalue weighted by atomic mass is 32.1. The molecule has 0 saturated heterocycles. The molecule has 0 aliphatic heterocycles. The van der Waals surface area contributed by atoms with E-state index in [0.717, 1.165) is 0 Å². The first-order chi connectivity index (χ1) is 7.82. The highest BCUT2D eigenvalue weighted by molar-refractivity contribution is 7.81. The first kappa shape index (κ1) is 15.6. The molecule has 3 heteroatoms. The van der Waals surface area contributed by atoms with Gasteiger partial charge in [0.15, 0.2) is 0 Å². The third kappa shape index (κ3) is 3.10. The van der Waals surface area contributed by atoms with Gasteiger partial charge in [0.2, 0.25) is 8.32 Å². The number of thiol groups is 1. The van der Waals surface area contributed by atoms with E-state index < -0.39 is 8.32 Å². The summed E-state index contributed by atoms with van der Waals surface area (Å²) in [6.45, 7) is 14.1. The Morgan fingerprint density at radius 2 is 1.41 bits per heavy atom. The molecule has 0 aromatic rings. The molecular weight excluding hydrogens is 244 g/mol. The van der Waals surface area contributed by atoms with Crippen LogP contribution in [0.15, 0.2) is 0 Å². The number of hydrogen-bond donors (Lipinski definition) is 1. The molecule has 0 spiro atoms. The lowest BCUT2D eigenvalue weighted by Crippen LogP contribution is -2.51. The normalized spacial score (nSPS) is 26.5. The van der Waals surface area contributed by atoms with Gasteiger partial charge in [-0.2, -0.15) is 12.6 Å². The number of rotatable bonds is 5. The standard InChI is InChI=1S/C14H30OSSi/c1-10(2)17(11(3)4,12(5)6)15-13-8-7-9-14(13)16/h10-14,16H,7-9H2,1-6H3/t13-,14-/m0/s1. The van der Waals surface area contributed by atoms with E-state index in [0.29, 0.717) is 28.0 Å². The van der Waals surface area contributed by atoms with Gasteiger partial charge in [-0.25, -0.2) is 0 Å². The molecule has 2 atom stereocenters. The molecule has 0 radical (unpaired) electrons. The molecule has 0 aromatic carbocycles. The van der Waals surface area contributed by atoms with Crippen molar-refractivity contribution in [3.05, 3.63) is 0 Å². The summed E-state index contributed by atoms with van der Waals surface area (Å²) in [5, 5.41) is 0.470. The van der Waals surface area contributed by atoms with Crippen molar-refractivity contribution < 1.29 is 4.43 Å². The van der Waals surface area contributed by atoms with E-state index >= 15 is 0 Å². The summed E-state index contributed by atoms with van der Waals surface area (Å²) in [6.07, 6.45) is 4.15. The lowest BCUT2D eigenvalue weighted by atomic mass is 10.3. The van der Waals surface area contributed by atoms with E-state index in [4.69, 9.17) is 17.1 Å². The minimum atomic E-state index is -1.68. The molecule has 1 aliphatic rings. The van der Waals surface area contributed by atoms with Gasteiger partial charge in [0.05, 0.1) is 6.10 Å². The fraction of sp³-hybridized carbons (Fsp3) is 1.00. The minimum Gasteiger partial charge on any atom is -0.412 e. The zero-order chi connectivity index (χ0) is 13.2. The molecule has 102 valence electrons. The van der Waals surface area contributed by atoms with Gasteiger partial charge in [0.25, 0.3) is 0 Å². The van der Waals surface area contributed by atoms with E-state index in [1.54, 1.807) is 0 Å². The summed E-state index contributed by atoms with van der Waals surface area (Å²) in [7, 11) is -1.68. The van der Waals surface area contributed by atoms with E-state index in [1.165, 1.54) is 19.3 Å². The van der Waals surface area contributed by atoms with Gasteiger partial charge in [-0.3, -0.25) is 0 Å². The van der Waals surface area contributed by atoms with Gasteiger partial charge in [-0.15, -0.1) is 0 Å². The maximum absolute atomic E-state index is 6.76. The van der Waals surface area contributed by atoms with Crippen molar-refractivity contribution in [2.75, 3.05) is 0 Å². The quantitative estimate of drug-likeness (QED) is 0.546. The van der Waals surface area contributed by atoms with Crippen molar-refractivity contribution in [2.24, 2.45) is 0 Å². The second kappa shape index (κ2) is 6.11. The van der Waals surface area contributed by atoms with Crippen LogP contribution in [-0.2, 0) is 4.43 Å². The molecule has 0 N–H and O–H groups in total. The molecule has 1 rings (SSSR count). The Labute approximate surface area is 114 Å². The highest BCUT2D eigenvalue weighted by Gasteiger charge is 2.47. The maximum atomic E-state index is 6.76. The van der Waals surface area contributed by atoms with Gasteiger partial charge in [0.1, 0.15) is 0 Å². The zero-order valence-corrected chi connectivity index (χ0v) is 14.3. The Morgan fingerprint density at radius 3 is 1.71 bits per heavy atom. The fourth-order valence-corrected chi connectivity index (χ4v) is 9.84. The van der Waals surface area contributed by atoms with Crippen LogP contribution in [0.4, 0.5) is 0 Å². The average molecular weight is 275 g/mol. The molecule has 1 fully saturated rings. The molecule has 1 saturated carbocycles. The van der Waals surface area contributed by atoms with Crippen LogP contribution in [0.25, 0.3) is 0 Å². The van der Waals surface area contributed by atoms with Gasteiger partial charge in [0, 0.05) is 5.25 Å². The zero-order valence-electron chi connectivity index (χ0n) is 12.4. The predicted molar refractivity (Wildman–Crippen MR) is 82.5 cm³/mol. The lowest BCUT2D eigenvalue weighted by Gasteiger charge is -2.44. The van der Waals surface area contributed by atoms with Crippen molar-refractivity contribution in [2.45, 2.75) is 88.8 Å². The van der Waals surface area contributed by atoms with E-state index in [1.807, 2.05) is 0 Å². The van der Waals surface area contributed by atoms with Crippen molar-refractivity contribution in [3.8, 4) is 0 Å². The topological polar surface area (TPSA) is 9.23 Å². The second-order valence-corrected chi connectivity index (χ2v) is 12.5. The Kier molecular flexibility index (Phi) is 5.61. The van der Waals surface area contributed by atoms with Crippen LogP contribution in [0, 0.1) is 0 Å². The monoisotopic (exact) mass is 274 g/mol. The molecule has 1 nitrogen and oxygen atoms in total. The molecule has 0 amide bonds. The minimum absolute atomic E-state index is 0.414. The van der Waals surface area contributed by atoms with Gasteiger partial charge in [-0.05, 0) is 35.9 Å². The average Bonchev–Trinajstić information content (AvgIpc) is 2.58. The van der Waals surface area contributed by atoms with Crippen molar-refractivity contribution in [3.63, 3.8) is 0 Å². The third-order valence-corrected chi connectivity index (χ3v) is 11.2. The first-order valence-corrected chi connectivity index (χ1v) is 9.83. The van der Waals surface area contributed by atoms with Crippen LogP contribution in [0.1, 0.15) is 60.8 Å². The van der Waals surface area contributed by atoms with Gasteiger partial charge < -0.3 is 4.43 Å². The van der Waals surface area contributed by atoms with Crippen LogP contribution in [0.5, 0.6) is 0 Å². The van der Waals surface area contributed by atoms with Crippen molar-refractivity contribution >= 4 is 20.9 Å². The smallest absolute Gasteiger partial charge is 0.200 e. The summed E-state index contributed by atoms with van der Waals surface area (Å²) in [5.41, 5.74) is 2.05. The van der Waals surface area contributed by atoms with Crippen LogP contribution >= 0.6 is 12.6 Å². The summed E-state index contributed by atoms with van der Waals surface area (Å²) in [5.74, 6) is 0. The molecule has 0 unspecified atom stereocenters. The van der Waals surface area contributed by atoms with Crippen LogP contribution in [-0.4, -0.2) is 19.7 Å². The van der Waals surface area contributed by atoms with E-state index in [2.05, 4.69) is 41.5 Å². The van der Waals surface area contributed by atoms with E-state index in [-0.39, 0.29) is 0 Å². The summed E-state index contributed by atoms with van der Waals surface area (Å²) >= 11 is 4.70. The largest absolute Gasteiger partial charge is 0.412 e. The Balaban J connectivity index is 2.89. The van der Waals surface area contributed by atoms with Crippen LogP contribution < -0.4 is 0 Å². The van der Waals surface area contributed by atoms with E-state index in [9.17, 15) is 0 Å². The summed E-state index contributed by atoms with van der Waals surface area (Å²) in [4.78, 5) is 0. The highest BCUT2D eigenvalue weighted by Crippen LogP contribution is 2.45. The molecule has 0 heterocycles. The van der Waals surface area contributed by atoms with Gasteiger partial charge in [-0.1, -0.05) is 41.5 Å². The van der Waals surface area contributed by atoms with Crippen molar-refractivity contribution in [1.82, 2.24) is 0 Å². The fourth-order valence-electron chi connectivity index (χ4n) is 3.71. The summed E-state index contributed by atoms with van der Waals surface area (Å²) in [6, 6.07) is 0. The Morgan fingerprint density at radius 1 is 0.941 bits per heavy atom. The molecule has 0 aromatic heterocycles. The summed E-state index contributed by atoms with van der Waals surface area (Å²) < 4.78 is 6.76. The van der Waals surface area contributed by atoms with Crippen LogP contribution in [0.2, 0.25) is 16.6 Å². The SMILES string of the molecule is CC(C)[Si](O[C@H]1CCC[C@@H]1S)(C(C)C)C(C)C. The third-order valence-electron chi connectivity index (χ3n) is 4.48.